The highest BCUT2D eigenvalue weighted by Gasteiger charge is 2.23. The van der Waals surface area contributed by atoms with Crippen molar-refractivity contribution >= 4 is 0 Å². The summed E-state index contributed by atoms with van der Waals surface area (Å²) in [5.74, 6) is 0.152. The Morgan fingerprint density at radius 1 is 1.40 bits per heavy atom. The lowest BCUT2D eigenvalue weighted by Crippen LogP contribution is -2.25. The maximum atomic E-state index is 8.66. The first-order valence-electron chi connectivity index (χ1n) is 3.81. The number of ether oxygens (including phenoxy) is 1. The van der Waals surface area contributed by atoms with Gasteiger partial charge in [-0.2, -0.15) is 5.26 Å². The standard InChI is InChI=1S/C8H13NO/c1-10-8-5-3-2-4-7(8)6-9/h7-8H,2-5H2,1H3/t7-,8+/m1/s1. The molecule has 0 spiro atoms. The Kier molecular flexibility index (Phi) is 2.70. The van der Waals surface area contributed by atoms with Crippen molar-refractivity contribution in [1.82, 2.24) is 0 Å². The van der Waals surface area contributed by atoms with Gasteiger partial charge in [0, 0.05) is 7.11 Å². The first-order valence-corrected chi connectivity index (χ1v) is 3.81. The quantitative estimate of drug-likeness (QED) is 0.554. The van der Waals surface area contributed by atoms with Gasteiger partial charge in [-0.05, 0) is 12.8 Å². The Balaban J connectivity index is 2.44. The lowest BCUT2D eigenvalue weighted by atomic mass is 9.88. The molecule has 0 unspecified atom stereocenters. The largest absolute Gasteiger partial charge is 0.380 e. The van der Waals surface area contributed by atoms with E-state index < -0.39 is 0 Å². The summed E-state index contributed by atoms with van der Waals surface area (Å²) in [6.45, 7) is 0. The predicted octanol–water partition coefficient (Wildman–Crippen LogP) is 1.72. The van der Waals surface area contributed by atoms with Gasteiger partial charge in [-0.1, -0.05) is 12.8 Å². The van der Waals surface area contributed by atoms with Crippen molar-refractivity contribution < 1.29 is 4.74 Å². The number of hydrogen-bond donors (Lipinski definition) is 0. The summed E-state index contributed by atoms with van der Waals surface area (Å²) < 4.78 is 5.17. The fraction of sp³-hybridized carbons (Fsp3) is 0.875. The van der Waals surface area contributed by atoms with Crippen LogP contribution in [0.25, 0.3) is 0 Å². The van der Waals surface area contributed by atoms with Gasteiger partial charge in [0.1, 0.15) is 0 Å². The van der Waals surface area contributed by atoms with Crippen LogP contribution in [-0.2, 0) is 4.74 Å². The lowest BCUT2D eigenvalue weighted by molar-refractivity contribution is 0.0441. The van der Waals surface area contributed by atoms with E-state index in [1.54, 1.807) is 7.11 Å². The van der Waals surface area contributed by atoms with Gasteiger partial charge in [0.2, 0.25) is 0 Å². The molecule has 2 heteroatoms. The fourth-order valence-electron chi connectivity index (χ4n) is 1.53. The molecule has 56 valence electrons. The van der Waals surface area contributed by atoms with Crippen LogP contribution in [0.5, 0.6) is 0 Å². The molecule has 1 aliphatic rings. The Labute approximate surface area is 61.8 Å². The number of hydrogen-bond acceptors (Lipinski definition) is 2. The van der Waals surface area contributed by atoms with Crippen molar-refractivity contribution in [2.45, 2.75) is 31.8 Å². The second kappa shape index (κ2) is 3.58. The van der Waals surface area contributed by atoms with Crippen molar-refractivity contribution in [1.29, 1.82) is 5.26 Å². The molecule has 0 aromatic carbocycles. The van der Waals surface area contributed by atoms with E-state index >= 15 is 0 Å². The molecule has 0 aromatic rings. The van der Waals surface area contributed by atoms with E-state index in [1.807, 2.05) is 0 Å². The van der Waals surface area contributed by atoms with Gasteiger partial charge >= 0.3 is 0 Å². The third kappa shape index (κ3) is 1.48. The minimum Gasteiger partial charge on any atom is -0.380 e. The van der Waals surface area contributed by atoms with Gasteiger partial charge in [0.15, 0.2) is 0 Å². The van der Waals surface area contributed by atoms with Crippen molar-refractivity contribution in [3.8, 4) is 6.07 Å². The zero-order valence-electron chi connectivity index (χ0n) is 6.34. The van der Waals surface area contributed by atoms with Gasteiger partial charge in [-0.3, -0.25) is 0 Å². The lowest BCUT2D eigenvalue weighted by Gasteiger charge is -2.24. The molecule has 1 fully saturated rings. The van der Waals surface area contributed by atoms with Gasteiger partial charge < -0.3 is 4.74 Å². The monoisotopic (exact) mass is 139 g/mol. The van der Waals surface area contributed by atoms with E-state index in [0.29, 0.717) is 0 Å². The van der Waals surface area contributed by atoms with Crippen LogP contribution >= 0.6 is 0 Å². The molecule has 0 N–H and O–H groups in total. The third-order valence-corrected chi connectivity index (χ3v) is 2.17. The number of nitriles is 1. The Hall–Kier alpha value is -0.550. The van der Waals surface area contributed by atoms with E-state index in [4.69, 9.17) is 10.00 Å². The number of rotatable bonds is 1. The normalized spacial score (nSPS) is 33.2. The molecule has 0 saturated heterocycles. The molecule has 0 aliphatic heterocycles. The van der Waals surface area contributed by atoms with E-state index in [1.165, 1.54) is 12.8 Å². The van der Waals surface area contributed by atoms with E-state index in [9.17, 15) is 0 Å². The molecule has 1 rings (SSSR count). The molecular formula is C8H13NO. The molecule has 0 amide bonds. The van der Waals surface area contributed by atoms with Crippen molar-refractivity contribution in [2.75, 3.05) is 7.11 Å². The average molecular weight is 139 g/mol. The van der Waals surface area contributed by atoms with Crippen LogP contribution in [0, 0.1) is 17.2 Å². The average Bonchev–Trinajstić information content (AvgIpc) is 2.04. The van der Waals surface area contributed by atoms with Crippen LogP contribution in [0.3, 0.4) is 0 Å². The second-order valence-corrected chi connectivity index (χ2v) is 2.79. The van der Waals surface area contributed by atoms with Gasteiger partial charge in [0.05, 0.1) is 18.1 Å². The maximum Gasteiger partial charge on any atom is 0.0729 e. The van der Waals surface area contributed by atoms with Crippen LogP contribution in [0.15, 0.2) is 0 Å². The van der Waals surface area contributed by atoms with Crippen molar-refractivity contribution in [2.24, 2.45) is 5.92 Å². The van der Waals surface area contributed by atoms with Crippen LogP contribution in [0.1, 0.15) is 25.7 Å². The van der Waals surface area contributed by atoms with Gasteiger partial charge in [-0.15, -0.1) is 0 Å². The zero-order chi connectivity index (χ0) is 7.40. The van der Waals surface area contributed by atoms with Crippen molar-refractivity contribution in [3.05, 3.63) is 0 Å². The highest BCUT2D eigenvalue weighted by atomic mass is 16.5. The predicted molar refractivity (Wildman–Crippen MR) is 38.4 cm³/mol. The molecule has 10 heavy (non-hydrogen) atoms. The third-order valence-electron chi connectivity index (χ3n) is 2.17. The Morgan fingerprint density at radius 2 is 2.10 bits per heavy atom. The number of methoxy groups -OCH3 is 1. The molecule has 0 radical (unpaired) electrons. The molecule has 2 nitrogen and oxygen atoms in total. The molecule has 1 saturated carbocycles. The fourth-order valence-corrected chi connectivity index (χ4v) is 1.53. The highest BCUT2D eigenvalue weighted by Crippen LogP contribution is 2.25. The molecule has 0 aromatic heterocycles. The zero-order valence-corrected chi connectivity index (χ0v) is 6.34. The summed E-state index contributed by atoms with van der Waals surface area (Å²) >= 11 is 0. The summed E-state index contributed by atoms with van der Waals surface area (Å²) in [4.78, 5) is 0. The van der Waals surface area contributed by atoms with Gasteiger partial charge in [0.25, 0.3) is 0 Å². The summed E-state index contributed by atoms with van der Waals surface area (Å²) in [7, 11) is 1.69. The SMILES string of the molecule is CO[C@H]1CCCC[C@@H]1C#N. The summed E-state index contributed by atoms with van der Waals surface area (Å²) in [6, 6.07) is 2.28. The first kappa shape index (κ1) is 7.56. The number of nitrogens with zero attached hydrogens (tertiary/aromatic N) is 1. The second-order valence-electron chi connectivity index (χ2n) is 2.79. The summed E-state index contributed by atoms with van der Waals surface area (Å²) in [6.07, 6.45) is 4.71. The minimum absolute atomic E-state index is 0.152. The van der Waals surface area contributed by atoms with E-state index in [2.05, 4.69) is 6.07 Å². The van der Waals surface area contributed by atoms with Crippen LogP contribution in [0.2, 0.25) is 0 Å². The highest BCUT2D eigenvalue weighted by molar-refractivity contribution is 4.91. The maximum absolute atomic E-state index is 8.66. The minimum atomic E-state index is 0.152. The smallest absolute Gasteiger partial charge is 0.0729 e. The summed E-state index contributed by atoms with van der Waals surface area (Å²) in [5, 5.41) is 8.66. The first-order chi connectivity index (χ1) is 4.88. The topological polar surface area (TPSA) is 33.0 Å². The van der Waals surface area contributed by atoms with Gasteiger partial charge in [-0.25, -0.2) is 0 Å². The van der Waals surface area contributed by atoms with Crippen molar-refractivity contribution in [3.63, 3.8) is 0 Å². The molecule has 2 atom stereocenters. The molecular weight excluding hydrogens is 126 g/mol. The molecule has 0 bridgehead atoms. The van der Waals surface area contributed by atoms with E-state index in [-0.39, 0.29) is 12.0 Å². The van der Waals surface area contributed by atoms with Crippen LogP contribution in [0.4, 0.5) is 0 Å². The Bertz CT molecular complexity index is 139. The summed E-state index contributed by atoms with van der Waals surface area (Å²) in [5.41, 5.74) is 0. The Morgan fingerprint density at radius 3 is 2.60 bits per heavy atom. The van der Waals surface area contributed by atoms with Crippen LogP contribution in [-0.4, -0.2) is 13.2 Å². The molecule has 1 aliphatic carbocycles. The molecule has 0 heterocycles. The van der Waals surface area contributed by atoms with E-state index in [0.717, 1.165) is 12.8 Å². The van der Waals surface area contributed by atoms with Crippen LogP contribution < -0.4 is 0 Å².